The van der Waals surface area contributed by atoms with Crippen LogP contribution in [0, 0.1) is 0 Å². The van der Waals surface area contributed by atoms with Gasteiger partial charge in [0.25, 0.3) is 0 Å². The molecule has 0 aliphatic rings. The third-order valence-electron chi connectivity index (χ3n) is 4.95. The molecule has 178 valence electrons. The first-order chi connectivity index (χ1) is 17.1. The lowest BCUT2D eigenvalue weighted by Crippen LogP contribution is -2.07. The average molecular weight is 473 g/mol. The van der Waals surface area contributed by atoms with E-state index >= 15 is 0 Å². The molecule has 9 nitrogen and oxygen atoms in total. The van der Waals surface area contributed by atoms with Gasteiger partial charge in [0.05, 0.1) is 21.3 Å². The second kappa shape index (κ2) is 10.9. The number of amides is 1. The predicted octanol–water partition coefficient (Wildman–Crippen LogP) is 4.74. The smallest absolute Gasteiger partial charge is 0.248 e. The summed E-state index contributed by atoms with van der Waals surface area (Å²) in [5.74, 6) is 2.84. The van der Waals surface area contributed by atoms with Crippen LogP contribution in [0.1, 0.15) is 5.56 Å². The molecule has 0 atom stereocenters. The molecule has 0 aliphatic heterocycles. The molecule has 4 rings (SSSR count). The predicted molar refractivity (Wildman–Crippen MR) is 132 cm³/mol. The number of carbonyl (C=O) groups is 1. The lowest BCUT2D eigenvalue weighted by atomic mass is 10.1. The third kappa shape index (κ3) is 5.77. The van der Waals surface area contributed by atoms with Gasteiger partial charge in [-0.2, -0.15) is 0 Å². The van der Waals surface area contributed by atoms with Crippen LogP contribution in [-0.2, 0) is 4.79 Å². The van der Waals surface area contributed by atoms with Gasteiger partial charge in [0, 0.05) is 30.2 Å². The second-order valence-corrected chi connectivity index (χ2v) is 7.23. The fraction of sp³-hybridized carbons (Fsp3) is 0.115. The Hall–Kier alpha value is -4.79. The topological polar surface area (TPSA) is 96.7 Å². The van der Waals surface area contributed by atoms with E-state index in [9.17, 15) is 4.79 Å². The van der Waals surface area contributed by atoms with Gasteiger partial charge >= 0.3 is 0 Å². The number of anilines is 1. The number of benzene rings is 2. The van der Waals surface area contributed by atoms with Crippen molar-refractivity contribution in [1.29, 1.82) is 0 Å². The standard InChI is InChI=1S/C26H24N4O5/c1-32-21-16-18(17-22(33-2)26(21)34-3)6-12-24(31)27-19-7-9-20(10-8-19)35-25-13-11-23(28-29-25)30-14-4-5-15-30/h4-17H,1-3H3,(H,27,31)/b12-6+. The number of hydrogen-bond donors (Lipinski definition) is 1. The van der Waals surface area contributed by atoms with Crippen molar-refractivity contribution in [2.45, 2.75) is 0 Å². The number of nitrogens with one attached hydrogen (secondary N) is 1. The normalized spacial score (nSPS) is 10.7. The molecule has 0 saturated heterocycles. The van der Waals surface area contributed by atoms with E-state index in [1.54, 1.807) is 48.5 Å². The number of aromatic nitrogens is 3. The van der Waals surface area contributed by atoms with Crippen LogP contribution < -0.4 is 24.3 Å². The first kappa shape index (κ1) is 23.4. The molecule has 2 heterocycles. The number of ether oxygens (including phenoxy) is 4. The van der Waals surface area contributed by atoms with Crippen molar-refractivity contribution in [1.82, 2.24) is 14.8 Å². The van der Waals surface area contributed by atoms with Gasteiger partial charge in [0.2, 0.25) is 17.5 Å². The molecule has 0 fully saturated rings. The summed E-state index contributed by atoms with van der Waals surface area (Å²) >= 11 is 0. The number of rotatable bonds is 9. The largest absolute Gasteiger partial charge is 0.493 e. The Kier molecular flexibility index (Phi) is 7.27. The molecule has 0 bridgehead atoms. The molecular weight excluding hydrogens is 448 g/mol. The lowest BCUT2D eigenvalue weighted by Gasteiger charge is -2.12. The van der Waals surface area contributed by atoms with E-state index in [2.05, 4.69) is 15.5 Å². The van der Waals surface area contributed by atoms with Gasteiger partial charge < -0.3 is 28.8 Å². The molecule has 35 heavy (non-hydrogen) atoms. The summed E-state index contributed by atoms with van der Waals surface area (Å²) in [5.41, 5.74) is 1.34. The monoisotopic (exact) mass is 472 g/mol. The van der Waals surface area contributed by atoms with Gasteiger partial charge in [-0.25, -0.2) is 0 Å². The molecule has 1 amide bonds. The van der Waals surface area contributed by atoms with E-state index in [-0.39, 0.29) is 5.91 Å². The lowest BCUT2D eigenvalue weighted by molar-refractivity contribution is -0.111. The molecule has 0 spiro atoms. The van der Waals surface area contributed by atoms with E-state index in [4.69, 9.17) is 18.9 Å². The Morgan fingerprint density at radius 1 is 0.886 bits per heavy atom. The first-order valence-corrected chi connectivity index (χ1v) is 10.6. The summed E-state index contributed by atoms with van der Waals surface area (Å²) < 4.78 is 23.6. The minimum absolute atomic E-state index is 0.293. The van der Waals surface area contributed by atoms with Gasteiger partial charge in [-0.05, 0) is 66.2 Å². The minimum Gasteiger partial charge on any atom is -0.493 e. The Labute approximate surface area is 202 Å². The third-order valence-corrected chi connectivity index (χ3v) is 4.95. The quantitative estimate of drug-likeness (QED) is 0.352. The summed E-state index contributed by atoms with van der Waals surface area (Å²) in [6.07, 6.45) is 6.86. The van der Waals surface area contributed by atoms with Crippen LogP contribution >= 0.6 is 0 Å². The Morgan fingerprint density at radius 2 is 1.57 bits per heavy atom. The van der Waals surface area contributed by atoms with Crippen LogP contribution in [0.15, 0.2) is 79.1 Å². The molecule has 0 saturated carbocycles. The van der Waals surface area contributed by atoms with Crippen molar-refractivity contribution in [3.8, 4) is 34.7 Å². The number of hydrogen-bond acceptors (Lipinski definition) is 7. The van der Waals surface area contributed by atoms with Crippen LogP contribution in [0.2, 0.25) is 0 Å². The number of methoxy groups -OCH3 is 3. The van der Waals surface area contributed by atoms with Crippen molar-refractivity contribution >= 4 is 17.7 Å². The Balaban J connectivity index is 1.36. The summed E-state index contributed by atoms with van der Waals surface area (Å²) in [6, 6.07) is 17.8. The number of nitrogens with zero attached hydrogens (tertiary/aromatic N) is 3. The SMILES string of the molecule is COc1cc(/C=C/C(=O)Nc2ccc(Oc3ccc(-n4cccc4)nn3)cc2)cc(OC)c1OC. The molecule has 0 aliphatic carbocycles. The van der Waals surface area contributed by atoms with E-state index in [0.29, 0.717) is 40.4 Å². The van der Waals surface area contributed by atoms with Crippen molar-refractivity contribution in [3.63, 3.8) is 0 Å². The maximum atomic E-state index is 12.4. The molecule has 0 unspecified atom stereocenters. The first-order valence-electron chi connectivity index (χ1n) is 10.6. The van der Waals surface area contributed by atoms with Crippen molar-refractivity contribution < 1.29 is 23.7 Å². The second-order valence-electron chi connectivity index (χ2n) is 7.23. The Bertz CT molecular complexity index is 1280. The Morgan fingerprint density at radius 3 is 2.14 bits per heavy atom. The van der Waals surface area contributed by atoms with Crippen LogP contribution in [0.25, 0.3) is 11.9 Å². The van der Waals surface area contributed by atoms with E-state index in [0.717, 1.165) is 5.56 Å². The van der Waals surface area contributed by atoms with Crippen LogP contribution in [0.5, 0.6) is 28.9 Å². The zero-order valence-corrected chi connectivity index (χ0v) is 19.5. The molecule has 2 aromatic heterocycles. The van der Waals surface area contributed by atoms with Crippen molar-refractivity contribution in [3.05, 3.63) is 84.7 Å². The van der Waals surface area contributed by atoms with Crippen LogP contribution in [0.3, 0.4) is 0 Å². The summed E-state index contributed by atoms with van der Waals surface area (Å²) in [6.45, 7) is 0. The molecule has 4 aromatic rings. The number of carbonyl (C=O) groups excluding carboxylic acids is 1. The molecule has 9 heteroatoms. The van der Waals surface area contributed by atoms with Crippen LogP contribution in [-0.4, -0.2) is 42.0 Å². The van der Waals surface area contributed by atoms with Gasteiger partial charge in [0.15, 0.2) is 17.3 Å². The van der Waals surface area contributed by atoms with E-state index in [1.807, 2.05) is 35.2 Å². The summed E-state index contributed by atoms with van der Waals surface area (Å²) in [4.78, 5) is 12.4. The van der Waals surface area contributed by atoms with Crippen LogP contribution in [0.4, 0.5) is 5.69 Å². The molecule has 0 radical (unpaired) electrons. The van der Waals surface area contributed by atoms with E-state index in [1.165, 1.54) is 27.4 Å². The highest BCUT2D eigenvalue weighted by Gasteiger charge is 2.12. The van der Waals surface area contributed by atoms with Crippen molar-refractivity contribution in [2.75, 3.05) is 26.6 Å². The molecule has 2 aromatic carbocycles. The maximum absolute atomic E-state index is 12.4. The molecule has 1 N–H and O–H groups in total. The van der Waals surface area contributed by atoms with Gasteiger partial charge in [0.1, 0.15) is 5.75 Å². The highest BCUT2D eigenvalue weighted by atomic mass is 16.5. The maximum Gasteiger partial charge on any atom is 0.248 e. The zero-order valence-electron chi connectivity index (χ0n) is 19.5. The minimum atomic E-state index is -0.293. The zero-order chi connectivity index (χ0) is 24.6. The summed E-state index contributed by atoms with van der Waals surface area (Å²) in [7, 11) is 4.61. The fourth-order valence-corrected chi connectivity index (χ4v) is 3.27. The molecular formula is C26H24N4O5. The average Bonchev–Trinajstić information content (AvgIpc) is 3.43. The fourth-order valence-electron chi connectivity index (χ4n) is 3.27. The highest BCUT2D eigenvalue weighted by molar-refractivity contribution is 6.02. The summed E-state index contributed by atoms with van der Waals surface area (Å²) in [5, 5.41) is 11.1. The van der Waals surface area contributed by atoms with E-state index < -0.39 is 0 Å². The van der Waals surface area contributed by atoms with Gasteiger partial charge in [-0.15, -0.1) is 10.2 Å². The van der Waals surface area contributed by atoms with Gasteiger partial charge in [-0.3, -0.25) is 4.79 Å². The van der Waals surface area contributed by atoms with Crippen molar-refractivity contribution in [2.24, 2.45) is 0 Å². The van der Waals surface area contributed by atoms with Gasteiger partial charge in [-0.1, -0.05) is 0 Å². The highest BCUT2D eigenvalue weighted by Crippen LogP contribution is 2.38.